The van der Waals surface area contributed by atoms with Crippen LogP contribution in [0.15, 0.2) is 42.0 Å². The highest BCUT2D eigenvalue weighted by Gasteiger charge is 2.77. The van der Waals surface area contributed by atoms with Crippen LogP contribution in [0.2, 0.25) is 0 Å². The van der Waals surface area contributed by atoms with Gasteiger partial charge in [0, 0.05) is 31.6 Å². The first-order valence-corrected chi connectivity index (χ1v) is 19.3. The van der Waals surface area contributed by atoms with E-state index in [2.05, 4.69) is 49.3 Å². The standard InChI is InChI=1S/C41H59N3O4/c1-26-18-34-37(44(23-26)17-16-42-36(47)22-43-35(46)19-28-8-6-5-7-9-28)27(2)41(48-34)15-13-32-31-11-10-29-20-30(45)12-14-39(29,4)33(31)21-40(32)24-38(40,3)25-41/h5-9,20,26-27,30-34,37,45H,10-19,21-25H2,1-4H3,(H,42,47)(H,43,46)/t26-,27+,30-,31-,32-,33-,34+,37-,38?,39-,40?,41-/m0/s1. The molecule has 48 heavy (non-hydrogen) atoms. The Bertz CT molecular complexity index is 1450. The Kier molecular flexibility index (Phi) is 8.20. The summed E-state index contributed by atoms with van der Waals surface area (Å²) in [7, 11) is 0. The summed E-state index contributed by atoms with van der Waals surface area (Å²) in [6.45, 7) is 12.5. The fourth-order valence-corrected chi connectivity index (χ4v) is 13.1. The highest BCUT2D eigenvalue weighted by atomic mass is 16.5. The molecular weight excluding hydrogens is 598 g/mol. The highest BCUT2D eigenvalue weighted by Crippen LogP contribution is 2.83. The molecule has 2 aliphatic heterocycles. The van der Waals surface area contributed by atoms with Crippen molar-refractivity contribution < 1.29 is 19.4 Å². The summed E-state index contributed by atoms with van der Waals surface area (Å²) >= 11 is 0. The zero-order valence-electron chi connectivity index (χ0n) is 29.8. The van der Waals surface area contributed by atoms with E-state index in [1.54, 1.807) is 5.57 Å². The Morgan fingerprint density at radius 2 is 1.81 bits per heavy atom. The van der Waals surface area contributed by atoms with Crippen LogP contribution in [-0.4, -0.2) is 71.9 Å². The van der Waals surface area contributed by atoms with Crippen LogP contribution in [0.1, 0.15) is 97.5 Å². The van der Waals surface area contributed by atoms with Crippen LogP contribution in [0.25, 0.3) is 0 Å². The minimum absolute atomic E-state index is 0.0127. The van der Waals surface area contributed by atoms with Gasteiger partial charge in [0.2, 0.25) is 11.8 Å². The second-order valence-electron chi connectivity index (χ2n) is 18.1. The first-order valence-electron chi connectivity index (χ1n) is 19.3. The number of fused-ring (bicyclic) bond motifs is 5. The van der Waals surface area contributed by atoms with Crippen LogP contribution >= 0.6 is 0 Å². The number of amides is 2. The number of hydrogen-bond acceptors (Lipinski definition) is 5. The molecule has 0 radical (unpaired) electrons. The topological polar surface area (TPSA) is 90.9 Å². The largest absolute Gasteiger partial charge is 0.389 e. The molecule has 0 bridgehead atoms. The van der Waals surface area contributed by atoms with Gasteiger partial charge in [-0.3, -0.25) is 14.5 Å². The quantitative estimate of drug-likeness (QED) is 0.330. The van der Waals surface area contributed by atoms with Crippen molar-refractivity contribution in [3.05, 3.63) is 47.5 Å². The maximum Gasteiger partial charge on any atom is 0.239 e. The van der Waals surface area contributed by atoms with Crippen LogP contribution < -0.4 is 10.6 Å². The summed E-state index contributed by atoms with van der Waals surface area (Å²) in [5, 5.41) is 16.3. The van der Waals surface area contributed by atoms with E-state index in [1.165, 1.54) is 44.9 Å². The molecule has 7 aliphatic rings. The molecule has 2 amide bonds. The first-order chi connectivity index (χ1) is 23.0. The van der Waals surface area contributed by atoms with E-state index in [4.69, 9.17) is 4.74 Å². The molecule has 1 aromatic rings. The number of aliphatic hydroxyl groups excluding tert-OH is 1. The second-order valence-corrected chi connectivity index (χ2v) is 18.1. The zero-order valence-corrected chi connectivity index (χ0v) is 29.8. The predicted octanol–water partition coefficient (Wildman–Crippen LogP) is 5.66. The maximum atomic E-state index is 12.7. The molecule has 6 fully saturated rings. The van der Waals surface area contributed by atoms with Gasteiger partial charge >= 0.3 is 0 Å². The van der Waals surface area contributed by atoms with Gasteiger partial charge < -0.3 is 20.5 Å². The number of rotatable bonds is 7. The van der Waals surface area contributed by atoms with E-state index in [0.717, 1.165) is 55.7 Å². The minimum atomic E-state index is -0.235. The molecule has 2 saturated heterocycles. The number of carbonyl (C=O) groups excluding carboxylic acids is 2. The average Bonchev–Trinajstić information content (AvgIpc) is 3.36. The van der Waals surface area contributed by atoms with Crippen LogP contribution in [0.3, 0.4) is 0 Å². The Balaban J connectivity index is 0.906. The normalized spacial score (nSPS) is 45.9. The maximum absolute atomic E-state index is 12.7. The molecule has 262 valence electrons. The lowest BCUT2D eigenvalue weighted by Crippen LogP contribution is -2.54. The molecule has 0 aromatic heterocycles. The summed E-state index contributed by atoms with van der Waals surface area (Å²) in [4.78, 5) is 27.7. The molecule has 2 heterocycles. The van der Waals surface area contributed by atoms with Gasteiger partial charge in [-0.25, -0.2) is 0 Å². The first kappa shape index (κ1) is 33.0. The van der Waals surface area contributed by atoms with E-state index < -0.39 is 0 Å². The highest BCUT2D eigenvalue weighted by molar-refractivity contribution is 5.85. The number of hydrogen-bond donors (Lipinski definition) is 3. The SMILES string of the molecule is C[C@H]1C[C@H]2O[C@]3(CC[C@H]4[C@@H]5CCC6=C[C@@H](O)CC[C@]6(C)[C@H]5CC45CC5(C)C3)[C@H](C)[C@@H]2N(CCNC(=O)CNC(=O)Cc2ccccc2)C1. The summed E-state index contributed by atoms with van der Waals surface area (Å²) < 4.78 is 7.39. The van der Waals surface area contributed by atoms with Crippen LogP contribution in [0, 0.1) is 45.8 Å². The second kappa shape index (κ2) is 11.9. The summed E-state index contributed by atoms with van der Waals surface area (Å²) in [5.41, 5.74) is 3.59. The third kappa shape index (κ3) is 5.31. The summed E-state index contributed by atoms with van der Waals surface area (Å²) in [5.74, 6) is 3.18. The molecule has 7 heteroatoms. The van der Waals surface area contributed by atoms with Crippen molar-refractivity contribution in [2.75, 3.05) is 26.2 Å². The van der Waals surface area contributed by atoms with Crippen molar-refractivity contribution in [3.8, 4) is 0 Å². The van der Waals surface area contributed by atoms with E-state index in [-0.39, 0.29) is 48.0 Å². The van der Waals surface area contributed by atoms with Crippen LogP contribution in [0.4, 0.5) is 0 Å². The van der Waals surface area contributed by atoms with Crippen molar-refractivity contribution in [2.45, 2.75) is 122 Å². The minimum Gasteiger partial charge on any atom is -0.389 e. The number of ether oxygens (including phenoxy) is 1. The Morgan fingerprint density at radius 1 is 1.00 bits per heavy atom. The van der Waals surface area contributed by atoms with Crippen molar-refractivity contribution in [1.82, 2.24) is 15.5 Å². The zero-order chi connectivity index (χ0) is 33.5. The number of carbonyl (C=O) groups is 2. The molecule has 2 unspecified atom stereocenters. The van der Waals surface area contributed by atoms with Gasteiger partial charge in [0.1, 0.15) is 0 Å². The van der Waals surface area contributed by atoms with Gasteiger partial charge in [-0.15, -0.1) is 0 Å². The molecular formula is C41H59N3O4. The molecule has 5 aliphatic carbocycles. The van der Waals surface area contributed by atoms with E-state index in [9.17, 15) is 14.7 Å². The van der Waals surface area contributed by atoms with Gasteiger partial charge in [0.25, 0.3) is 0 Å². The summed E-state index contributed by atoms with van der Waals surface area (Å²) in [6.07, 6.45) is 14.7. The molecule has 1 aromatic carbocycles. The monoisotopic (exact) mass is 657 g/mol. The summed E-state index contributed by atoms with van der Waals surface area (Å²) in [6, 6.07) is 10.0. The lowest BCUT2D eigenvalue weighted by atomic mass is 9.56. The predicted molar refractivity (Wildman–Crippen MR) is 187 cm³/mol. The van der Waals surface area contributed by atoms with Gasteiger partial charge in [0.05, 0.1) is 30.8 Å². The Hall–Kier alpha value is -2.22. The number of nitrogens with one attached hydrogen (secondary N) is 2. The van der Waals surface area contributed by atoms with Gasteiger partial charge in [-0.1, -0.05) is 69.7 Å². The number of nitrogens with zero attached hydrogens (tertiary/aromatic N) is 1. The molecule has 2 spiro atoms. The van der Waals surface area contributed by atoms with Crippen molar-refractivity contribution in [2.24, 2.45) is 45.8 Å². The van der Waals surface area contributed by atoms with E-state index in [1.807, 2.05) is 30.3 Å². The van der Waals surface area contributed by atoms with Crippen molar-refractivity contribution in [1.29, 1.82) is 0 Å². The number of piperidine rings is 1. The molecule has 7 nitrogen and oxygen atoms in total. The molecule has 3 N–H and O–H groups in total. The molecule has 8 rings (SSSR count). The van der Waals surface area contributed by atoms with Crippen LogP contribution in [0.5, 0.6) is 0 Å². The molecule has 12 atom stereocenters. The lowest BCUT2D eigenvalue weighted by Gasteiger charge is -2.49. The lowest BCUT2D eigenvalue weighted by molar-refractivity contribution is -0.125. The van der Waals surface area contributed by atoms with E-state index in [0.29, 0.717) is 35.3 Å². The van der Waals surface area contributed by atoms with Crippen molar-refractivity contribution in [3.63, 3.8) is 0 Å². The fraction of sp³-hybridized carbons (Fsp3) is 0.756. The third-order valence-electron chi connectivity index (χ3n) is 15.4. The molecule has 4 saturated carbocycles. The Morgan fingerprint density at radius 3 is 2.62 bits per heavy atom. The fourth-order valence-electron chi connectivity index (χ4n) is 13.1. The number of benzene rings is 1. The smallest absolute Gasteiger partial charge is 0.239 e. The number of allylic oxidation sites excluding steroid dienone is 1. The van der Waals surface area contributed by atoms with Gasteiger partial charge in [0.15, 0.2) is 0 Å². The average molecular weight is 658 g/mol. The van der Waals surface area contributed by atoms with Crippen molar-refractivity contribution >= 4 is 11.8 Å². The van der Waals surface area contributed by atoms with E-state index >= 15 is 0 Å². The number of likely N-dealkylation sites (tertiary alicyclic amines) is 1. The number of aliphatic hydroxyl groups is 1. The van der Waals surface area contributed by atoms with Gasteiger partial charge in [-0.2, -0.15) is 0 Å². The third-order valence-corrected chi connectivity index (χ3v) is 15.4. The van der Waals surface area contributed by atoms with Crippen LogP contribution in [-0.2, 0) is 20.7 Å². The van der Waals surface area contributed by atoms with Gasteiger partial charge in [-0.05, 0) is 110 Å². The Labute approximate surface area is 288 Å².